The number of ketones is 1. The molecule has 0 radical (unpaired) electrons. The van der Waals surface area contributed by atoms with Crippen molar-refractivity contribution in [1.82, 2.24) is 9.55 Å². The Morgan fingerprint density at radius 3 is 2.44 bits per heavy atom. The normalized spacial score (nSPS) is 23.7. The van der Waals surface area contributed by atoms with Crippen molar-refractivity contribution in [3.05, 3.63) is 86.2 Å². The van der Waals surface area contributed by atoms with E-state index in [1.54, 1.807) is 43.5 Å². The van der Waals surface area contributed by atoms with Crippen LogP contribution < -0.4 is 15.0 Å². The minimum absolute atomic E-state index is 0.00290. The molecule has 0 saturated carbocycles. The summed E-state index contributed by atoms with van der Waals surface area (Å²) in [5, 5.41) is 51.9. The Kier molecular flexibility index (Phi) is 10.4. The lowest BCUT2D eigenvalue weighted by Gasteiger charge is -2.38. The molecule has 17 heteroatoms. The summed E-state index contributed by atoms with van der Waals surface area (Å²) in [6, 6.07) is 10.7. The van der Waals surface area contributed by atoms with Crippen LogP contribution in [0.15, 0.2) is 47.3 Å². The van der Waals surface area contributed by atoms with Crippen LogP contribution in [0.25, 0.3) is 22.3 Å². The number of carboxylic acids is 1. The molecule has 0 amide bonds. The number of carboxylic acid groups (broad SMARTS) is 1. The van der Waals surface area contributed by atoms with Gasteiger partial charge in [-0.1, -0.05) is 33.8 Å². The lowest BCUT2D eigenvalue weighted by atomic mass is 9.86. The van der Waals surface area contributed by atoms with Crippen molar-refractivity contribution >= 4 is 34.8 Å². The largest absolute Gasteiger partial charge is 0.514 e. The third-order valence-corrected chi connectivity index (χ3v) is 10.6. The van der Waals surface area contributed by atoms with E-state index in [0.29, 0.717) is 34.3 Å². The summed E-state index contributed by atoms with van der Waals surface area (Å²) in [7, 11) is 0. The first-order valence-corrected chi connectivity index (χ1v) is 18.3. The van der Waals surface area contributed by atoms with E-state index in [9.17, 15) is 49.5 Å². The van der Waals surface area contributed by atoms with Crippen molar-refractivity contribution < 1.29 is 68.4 Å². The van der Waals surface area contributed by atoms with E-state index < -0.39 is 66.1 Å². The number of carbonyl (C=O) groups excluding carboxylic acids is 3. The molecule has 3 aliphatic heterocycles. The van der Waals surface area contributed by atoms with Gasteiger partial charge in [0, 0.05) is 22.4 Å². The van der Waals surface area contributed by atoms with Crippen molar-refractivity contribution in [2.75, 3.05) is 0 Å². The lowest BCUT2D eigenvalue weighted by molar-refractivity contribution is -0.271. The molecule has 0 aliphatic carbocycles. The molecule has 17 nitrogen and oxygen atoms in total. The van der Waals surface area contributed by atoms with E-state index in [2.05, 4.69) is 0 Å². The number of pyridine rings is 2. The first-order chi connectivity index (χ1) is 27.1. The number of aliphatic carboxylic acids is 1. The van der Waals surface area contributed by atoms with Crippen molar-refractivity contribution in [1.29, 1.82) is 0 Å². The number of cyclic esters (lactones) is 1. The number of aliphatic hydroxyl groups is 4. The second-order valence-corrected chi connectivity index (χ2v) is 14.4. The van der Waals surface area contributed by atoms with E-state index in [-0.39, 0.29) is 59.9 Å². The van der Waals surface area contributed by atoms with Gasteiger partial charge in [0.25, 0.3) is 5.56 Å². The fourth-order valence-corrected chi connectivity index (χ4v) is 7.42. The van der Waals surface area contributed by atoms with Crippen LogP contribution in [0.2, 0.25) is 0 Å². The zero-order valence-corrected chi connectivity index (χ0v) is 31.3. The Morgan fingerprint density at radius 1 is 1.00 bits per heavy atom. The zero-order valence-electron chi connectivity index (χ0n) is 31.3. The van der Waals surface area contributed by atoms with E-state index in [0.717, 1.165) is 11.1 Å². The molecule has 300 valence electrons. The fourth-order valence-electron chi connectivity index (χ4n) is 7.42. The molecular formula is C40H40N2O15. The quantitative estimate of drug-likeness (QED) is 0.0774. The molecule has 2 aromatic heterocycles. The van der Waals surface area contributed by atoms with Crippen LogP contribution in [0.1, 0.15) is 72.3 Å². The number of hydrogen-bond acceptors (Lipinski definition) is 15. The summed E-state index contributed by atoms with van der Waals surface area (Å²) in [6.07, 6.45) is -9.87. The van der Waals surface area contributed by atoms with E-state index >= 15 is 0 Å². The van der Waals surface area contributed by atoms with Gasteiger partial charge in [-0.2, -0.15) is 0 Å². The number of carbonyl (C=O) groups is 4. The minimum atomic E-state index is -1.96. The average molecular weight is 789 g/mol. The molecule has 4 aromatic rings. The van der Waals surface area contributed by atoms with Gasteiger partial charge in [-0.3, -0.25) is 9.59 Å². The van der Waals surface area contributed by atoms with Crippen molar-refractivity contribution in [2.24, 2.45) is 5.92 Å². The van der Waals surface area contributed by atoms with Gasteiger partial charge in [-0.05, 0) is 60.4 Å². The minimum Gasteiger partial charge on any atom is -0.479 e. The standard InChI is InChI=1S/C40H40N2O15/c1-5-20-21-12-19(8-9-26(21)41-29-23(20)14-42-27(29)13-25-24(35(42)47)16-53-38(50)40(25,52)6-2)55-39(51)54-15-18-7-10-28(22(11-18)30(43)17(3)4)56-37-33(46)31(44)32(45)34(57-37)36(48)49/h7-13,17,31-34,37,44-46,52H,5-6,14-16H2,1-4H3,(H,48,49)/t31-,32-,33+,34-,37+,40-/m0/s1. The first-order valence-electron chi connectivity index (χ1n) is 18.3. The second kappa shape index (κ2) is 15.0. The second-order valence-electron chi connectivity index (χ2n) is 14.4. The van der Waals surface area contributed by atoms with Gasteiger partial charge in [-0.25, -0.2) is 19.4 Å². The third-order valence-electron chi connectivity index (χ3n) is 10.6. The molecule has 7 rings (SSSR count). The number of Topliss-reactive ketones (excluding diaryl/α,β-unsaturated/α-hetero) is 1. The summed E-state index contributed by atoms with van der Waals surface area (Å²) < 4.78 is 28.5. The van der Waals surface area contributed by atoms with Gasteiger partial charge in [0.2, 0.25) is 6.29 Å². The zero-order chi connectivity index (χ0) is 41.1. The van der Waals surface area contributed by atoms with E-state index in [4.69, 9.17) is 28.7 Å². The number of nitrogens with zero attached hydrogens (tertiary/aromatic N) is 2. The van der Waals surface area contributed by atoms with Crippen LogP contribution in [-0.2, 0) is 55.6 Å². The van der Waals surface area contributed by atoms with Gasteiger partial charge in [-0.15, -0.1) is 0 Å². The monoisotopic (exact) mass is 788 g/mol. The predicted molar refractivity (Wildman–Crippen MR) is 195 cm³/mol. The number of aryl methyl sites for hydroxylation is 1. The topological polar surface area (TPSA) is 250 Å². The molecule has 0 spiro atoms. The SMILES string of the molecule is CCc1c2c(nc3ccc(OC(=O)OCc4ccc(O[C@@H]5O[C@H](C(=O)O)[C@@H](O)[C@H](O)[C@H]5O)c(C(=O)C(C)C)c4)cc13)-c1cc3c(c(=O)n1C2)COC(=O)[C@]3(O)CC. The van der Waals surface area contributed by atoms with Gasteiger partial charge < -0.3 is 53.8 Å². The number of aromatic nitrogens is 2. The van der Waals surface area contributed by atoms with Crippen LogP contribution in [0, 0.1) is 5.92 Å². The predicted octanol–water partition coefficient (Wildman–Crippen LogP) is 2.47. The molecule has 2 aromatic carbocycles. The maximum absolute atomic E-state index is 13.7. The van der Waals surface area contributed by atoms with Crippen LogP contribution in [0.3, 0.4) is 0 Å². The highest BCUT2D eigenvalue weighted by molar-refractivity contribution is 6.00. The van der Waals surface area contributed by atoms with Crippen molar-refractivity contribution in [3.8, 4) is 22.9 Å². The van der Waals surface area contributed by atoms with Crippen LogP contribution >= 0.6 is 0 Å². The Morgan fingerprint density at radius 2 is 1.75 bits per heavy atom. The van der Waals surface area contributed by atoms with Crippen LogP contribution in [-0.4, -0.2) is 89.7 Å². The van der Waals surface area contributed by atoms with Gasteiger partial charge >= 0.3 is 18.1 Å². The Hall–Kier alpha value is -5.72. The summed E-state index contributed by atoms with van der Waals surface area (Å²) in [4.78, 5) is 68.7. The third kappa shape index (κ3) is 6.80. The number of hydrogen-bond donors (Lipinski definition) is 5. The van der Waals surface area contributed by atoms with Crippen molar-refractivity contribution in [2.45, 2.75) is 96.6 Å². The van der Waals surface area contributed by atoms with E-state index in [1.807, 2.05) is 6.92 Å². The molecule has 0 bridgehead atoms. The average Bonchev–Trinajstić information content (AvgIpc) is 3.56. The van der Waals surface area contributed by atoms with Crippen LogP contribution in [0.5, 0.6) is 11.5 Å². The molecule has 1 fully saturated rings. The number of aliphatic hydroxyl groups excluding tert-OH is 3. The smallest absolute Gasteiger partial charge is 0.479 e. The molecule has 57 heavy (non-hydrogen) atoms. The maximum atomic E-state index is 13.7. The highest BCUT2D eigenvalue weighted by Gasteiger charge is 2.49. The Labute approximate surface area is 324 Å². The van der Waals surface area contributed by atoms with Gasteiger partial charge in [0.1, 0.15) is 43.0 Å². The molecule has 5 heterocycles. The van der Waals surface area contributed by atoms with Crippen LogP contribution in [0.4, 0.5) is 4.79 Å². The lowest BCUT2D eigenvalue weighted by Crippen LogP contribution is -2.61. The maximum Gasteiger partial charge on any atom is 0.514 e. The van der Waals surface area contributed by atoms with Crippen molar-refractivity contribution in [3.63, 3.8) is 0 Å². The summed E-state index contributed by atoms with van der Waals surface area (Å²) >= 11 is 0. The number of ether oxygens (including phenoxy) is 5. The molecular weight excluding hydrogens is 748 g/mol. The fraction of sp³-hybridized carbons (Fsp3) is 0.400. The van der Waals surface area contributed by atoms with Gasteiger partial charge in [0.05, 0.1) is 34.6 Å². The molecule has 1 saturated heterocycles. The summed E-state index contributed by atoms with van der Waals surface area (Å²) in [5.74, 6) is -3.32. The summed E-state index contributed by atoms with van der Waals surface area (Å²) in [5.41, 5.74) is 1.63. The molecule has 6 atom stereocenters. The Balaban J connectivity index is 1.10. The Bertz CT molecular complexity index is 2390. The number of benzene rings is 2. The summed E-state index contributed by atoms with van der Waals surface area (Å²) in [6.45, 7) is 6.45. The number of rotatable bonds is 10. The highest BCUT2D eigenvalue weighted by Crippen LogP contribution is 2.41. The first kappa shape index (κ1) is 39.5. The van der Waals surface area contributed by atoms with Gasteiger partial charge in [0.15, 0.2) is 17.5 Å². The molecule has 3 aliphatic rings. The number of fused-ring (bicyclic) bond motifs is 5. The molecule has 0 unspecified atom stereocenters. The number of esters is 1. The molecule has 5 N–H and O–H groups in total. The highest BCUT2D eigenvalue weighted by atomic mass is 16.7. The van der Waals surface area contributed by atoms with E-state index in [1.165, 1.54) is 24.3 Å².